The van der Waals surface area contributed by atoms with Crippen LogP contribution in [-0.2, 0) is 6.42 Å². The fourth-order valence-corrected chi connectivity index (χ4v) is 2.25. The van der Waals surface area contributed by atoms with E-state index in [0.29, 0.717) is 17.9 Å². The molecule has 1 amide bonds. The lowest BCUT2D eigenvalue weighted by atomic mass is 10.1. The number of nitrogens with zero attached hydrogens (tertiary/aromatic N) is 1. The van der Waals surface area contributed by atoms with Crippen LogP contribution in [0.15, 0.2) is 48.5 Å². The van der Waals surface area contributed by atoms with Gasteiger partial charge in [-0.1, -0.05) is 30.3 Å². The second kappa shape index (κ2) is 5.66. The number of amides is 1. The van der Waals surface area contributed by atoms with Crippen molar-refractivity contribution < 1.29 is 4.79 Å². The molecule has 0 aliphatic rings. The highest BCUT2D eigenvalue weighted by Gasteiger charge is 2.13. The van der Waals surface area contributed by atoms with Gasteiger partial charge in [-0.15, -0.1) is 0 Å². The molecule has 1 heterocycles. The number of aromatic nitrogens is 2. The van der Waals surface area contributed by atoms with E-state index in [9.17, 15) is 4.79 Å². The van der Waals surface area contributed by atoms with E-state index in [2.05, 4.69) is 15.5 Å². The summed E-state index contributed by atoms with van der Waals surface area (Å²) in [6, 6.07) is 15.4. The number of H-pyrrole nitrogens is 1. The van der Waals surface area contributed by atoms with Gasteiger partial charge in [0.2, 0.25) is 0 Å². The number of nitrogens with one attached hydrogen (secondary N) is 2. The first-order valence-corrected chi connectivity index (χ1v) is 6.80. The van der Waals surface area contributed by atoms with Gasteiger partial charge in [0.05, 0.1) is 5.52 Å². The predicted molar refractivity (Wildman–Crippen MR) is 83.0 cm³/mol. The number of fused-ring (bicyclic) bond motifs is 1. The standard InChI is InChI=1S/C16H16N4O/c17-12-6-7-14-13(10-12)15(20-19-14)16(21)18-9-8-11-4-2-1-3-5-11/h1-7,10H,8-9,17H2,(H,18,21)(H,19,20). The maximum absolute atomic E-state index is 12.2. The van der Waals surface area contributed by atoms with Gasteiger partial charge < -0.3 is 11.1 Å². The minimum Gasteiger partial charge on any atom is -0.399 e. The Balaban J connectivity index is 1.68. The van der Waals surface area contributed by atoms with Gasteiger partial charge >= 0.3 is 0 Å². The van der Waals surface area contributed by atoms with Crippen LogP contribution in [0.2, 0.25) is 0 Å². The molecular weight excluding hydrogens is 264 g/mol. The third-order valence-electron chi connectivity index (χ3n) is 3.34. The first kappa shape index (κ1) is 13.2. The van der Waals surface area contributed by atoms with E-state index in [0.717, 1.165) is 17.3 Å². The molecule has 0 unspecified atom stereocenters. The second-order valence-corrected chi connectivity index (χ2v) is 4.87. The van der Waals surface area contributed by atoms with Crippen LogP contribution in [-0.4, -0.2) is 22.6 Å². The van der Waals surface area contributed by atoms with E-state index in [4.69, 9.17) is 5.73 Å². The number of anilines is 1. The van der Waals surface area contributed by atoms with Gasteiger partial charge in [0.15, 0.2) is 5.69 Å². The molecule has 0 radical (unpaired) electrons. The molecule has 3 aromatic rings. The lowest BCUT2D eigenvalue weighted by Gasteiger charge is -2.04. The molecule has 0 fully saturated rings. The van der Waals surface area contributed by atoms with Crippen molar-refractivity contribution in [2.45, 2.75) is 6.42 Å². The second-order valence-electron chi connectivity index (χ2n) is 4.87. The molecule has 0 atom stereocenters. The van der Waals surface area contributed by atoms with Crippen LogP contribution < -0.4 is 11.1 Å². The van der Waals surface area contributed by atoms with Gasteiger partial charge in [0.25, 0.3) is 5.91 Å². The third kappa shape index (κ3) is 2.86. The van der Waals surface area contributed by atoms with Crippen LogP contribution in [0, 0.1) is 0 Å². The van der Waals surface area contributed by atoms with Gasteiger partial charge in [0.1, 0.15) is 0 Å². The molecule has 106 valence electrons. The monoisotopic (exact) mass is 280 g/mol. The summed E-state index contributed by atoms with van der Waals surface area (Å²) in [7, 11) is 0. The maximum atomic E-state index is 12.2. The predicted octanol–water partition coefficient (Wildman–Crippen LogP) is 2.12. The van der Waals surface area contributed by atoms with Crippen molar-refractivity contribution in [3.8, 4) is 0 Å². The molecular formula is C16H16N4O. The van der Waals surface area contributed by atoms with Gasteiger partial charge in [-0.2, -0.15) is 5.10 Å². The number of carbonyl (C=O) groups excluding carboxylic acids is 1. The van der Waals surface area contributed by atoms with Gasteiger partial charge in [-0.25, -0.2) is 0 Å². The Morgan fingerprint density at radius 2 is 2.00 bits per heavy atom. The molecule has 0 saturated carbocycles. The van der Waals surface area contributed by atoms with E-state index in [1.54, 1.807) is 12.1 Å². The minimum absolute atomic E-state index is 0.192. The van der Waals surface area contributed by atoms with E-state index in [1.165, 1.54) is 5.56 Å². The molecule has 1 aromatic heterocycles. The Morgan fingerprint density at radius 1 is 1.19 bits per heavy atom. The summed E-state index contributed by atoms with van der Waals surface area (Å²) in [6.45, 7) is 0.569. The highest BCUT2D eigenvalue weighted by molar-refractivity contribution is 6.05. The lowest BCUT2D eigenvalue weighted by Crippen LogP contribution is -2.26. The summed E-state index contributed by atoms with van der Waals surface area (Å²) in [4.78, 5) is 12.2. The van der Waals surface area contributed by atoms with E-state index >= 15 is 0 Å². The summed E-state index contributed by atoms with van der Waals surface area (Å²) < 4.78 is 0. The van der Waals surface area contributed by atoms with Crippen molar-refractivity contribution in [2.24, 2.45) is 0 Å². The molecule has 0 bridgehead atoms. The molecule has 5 heteroatoms. The molecule has 3 rings (SSSR count). The smallest absolute Gasteiger partial charge is 0.272 e. The highest BCUT2D eigenvalue weighted by Crippen LogP contribution is 2.18. The summed E-state index contributed by atoms with van der Waals surface area (Å²) in [5.74, 6) is -0.192. The fourth-order valence-electron chi connectivity index (χ4n) is 2.25. The molecule has 0 spiro atoms. The van der Waals surface area contributed by atoms with Crippen LogP contribution in [0.3, 0.4) is 0 Å². The Bertz CT molecular complexity index is 764. The molecule has 2 aromatic carbocycles. The SMILES string of the molecule is Nc1ccc2[nH]nc(C(=O)NCCc3ccccc3)c2c1. The van der Waals surface area contributed by atoms with Crippen molar-refractivity contribution in [2.75, 3.05) is 12.3 Å². The Kier molecular flexibility index (Phi) is 3.55. The van der Waals surface area contributed by atoms with Crippen molar-refractivity contribution in [3.63, 3.8) is 0 Å². The normalized spacial score (nSPS) is 10.7. The summed E-state index contributed by atoms with van der Waals surface area (Å²) >= 11 is 0. The number of rotatable bonds is 4. The quantitative estimate of drug-likeness (QED) is 0.640. The number of nitrogen functional groups attached to an aromatic ring is 1. The Labute approximate surface area is 122 Å². The molecule has 0 aliphatic carbocycles. The van der Waals surface area contributed by atoms with Crippen molar-refractivity contribution >= 4 is 22.5 Å². The van der Waals surface area contributed by atoms with Gasteiger partial charge in [-0.3, -0.25) is 9.89 Å². The molecule has 21 heavy (non-hydrogen) atoms. The molecule has 0 aliphatic heterocycles. The number of hydrogen-bond acceptors (Lipinski definition) is 3. The number of nitrogens with two attached hydrogens (primary N) is 1. The molecule has 5 nitrogen and oxygen atoms in total. The van der Waals surface area contributed by atoms with Crippen molar-refractivity contribution in [3.05, 3.63) is 59.8 Å². The fraction of sp³-hybridized carbons (Fsp3) is 0.125. The first-order chi connectivity index (χ1) is 10.2. The Hall–Kier alpha value is -2.82. The number of benzene rings is 2. The third-order valence-corrected chi connectivity index (χ3v) is 3.34. The largest absolute Gasteiger partial charge is 0.399 e. The zero-order valence-corrected chi connectivity index (χ0v) is 11.5. The van der Waals surface area contributed by atoms with Crippen LogP contribution in [0.4, 0.5) is 5.69 Å². The summed E-state index contributed by atoms with van der Waals surface area (Å²) in [5.41, 5.74) is 8.74. The lowest BCUT2D eigenvalue weighted by molar-refractivity contribution is 0.0951. The van der Waals surface area contributed by atoms with Gasteiger partial charge in [-0.05, 0) is 30.2 Å². The summed E-state index contributed by atoms with van der Waals surface area (Å²) in [5, 5.41) is 10.5. The van der Waals surface area contributed by atoms with Crippen LogP contribution in [0.5, 0.6) is 0 Å². The Morgan fingerprint density at radius 3 is 2.81 bits per heavy atom. The van der Waals surface area contributed by atoms with Gasteiger partial charge in [0, 0.05) is 17.6 Å². The summed E-state index contributed by atoms with van der Waals surface area (Å²) in [6.07, 6.45) is 0.789. The zero-order valence-electron chi connectivity index (χ0n) is 11.5. The van der Waals surface area contributed by atoms with Crippen LogP contribution >= 0.6 is 0 Å². The van der Waals surface area contributed by atoms with E-state index in [-0.39, 0.29) is 5.91 Å². The zero-order chi connectivity index (χ0) is 14.7. The average Bonchev–Trinajstić information content (AvgIpc) is 2.91. The van der Waals surface area contributed by atoms with E-state index < -0.39 is 0 Å². The highest BCUT2D eigenvalue weighted by atomic mass is 16.1. The number of aromatic amines is 1. The number of carbonyl (C=O) groups is 1. The van der Waals surface area contributed by atoms with Crippen LogP contribution in [0.25, 0.3) is 10.9 Å². The minimum atomic E-state index is -0.192. The topological polar surface area (TPSA) is 83.8 Å². The average molecular weight is 280 g/mol. The molecule has 0 saturated heterocycles. The van der Waals surface area contributed by atoms with Crippen molar-refractivity contribution in [1.29, 1.82) is 0 Å². The first-order valence-electron chi connectivity index (χ1n) is 6.80. The maximum Gasteiger partial charge on any atom is 0.272 e. The van der Waals surface area contributed by atoms with Crippen molar-refractivity contribution in [1.82, 2.24) is 15.5 Å². The van der Waals surface area contributed by atoms with Crippen LogP contribution in [0.1, 0.15) is 16.1 Å². The number of hydrogen-bond donors (Lipinski definition) is 3. The van der Waals surface area contributed by atoms with E-state index in [1.807, 2.05) is 36.4 Å². The molecule has 4 N–H and O–H groups in total.